The molecule has 1 amide bonds. The number of H-pyrrole nitrogens is 1. The van der Waals surface area contributed by atoms with Gasteiger partial charge in [-0.15, -0.1) is 0 Å². The average molecular weight is 433 g/mol. The summed E-state index contributed by atoms with van der Waals surface area (Å²) in [5, 5.41) is 20.0. The molecular formula is C23H33ClN4O2. The molecule has 164 valence electrons. The molecule has 2 aliphatic rings. The summed E-state index contributed by atoms with van der Waals surface area (Å²) in [4.78, 5) is 17.3. The fourth-order valence-corrected chi connectivity index (χ4v) is 5.52. The van der Waals surface area contributed by atoms with Crippen LogP contribution in [0.5, 0.6) is 0 Å². The zero-order valence-electron chi connectivity index (χ0n) is 18.2. The van der Waals surface area contributed by atoms with Gasteiger partial charge in [0.15, 0.2) is 0 Å². The Hall–Kier alpha value is -1.63. The quantitative estimate of drug-likeness (QED) is 0.749. The van der Waals surface area contributed by atoms with Crippen LogP contribution in [0.2, 0.25) is 5.02 Å². The van der Waals surface area contributed by atoms with Crippen LogP contribution in [0.3, 0.4) is 0 Å². The number of amides is 1. The summed E-state index contributed by atoms with van der Waals surface area (Å²) in [5.74, 6) is 0.568. The van der Waals surface area contributed by atoms with Crippen LogP contribution in [0.4, 0.5) is 0 Å². The number of hydrogen-bond donors (Lipinski definition) is 2. The number of carbonyl (C=O) groups is 1. The second-order valence-corrected chi connectivity index (χ2v) is 10.0. The van der Waals surface area contributed by atoms with Crippen molar-refractivity contribution in [3.05, 3.63) is 28.9 Å². The van der Waals surface area contributed by atoms with Crippen molar-refractivity contribution in [3.63, 3.8) is 0 Å². The minimum atomic E-state index is -0.671. The third-order valence-electron chi connectivity index (χ3n) is 7.45. The standard InChI is InChI=1S/C23H33ClN4O2/c1-15(27-8-4-5-9-27)22(30)28-10-6-17(7-11-28)23(2,3)21(29)19-13-18(24)12-16-14-25-26-20(16)19/h12-15,17,21,29H,4-11H2,1-3H3,(H,25,26)/t15-,21+/m0/s1. The Labute approximate surface area is 183 Å². The summed E-state index contributed by atoms with van der Waals surface area (Å²) < 4.78 is 0. The number of carbonyl (C=O) groups excluding carboxylic acids is 1. The number of fused-ring (bicyclic) bond motifs is 1. The van der Waals surface area contributed by atoms with Gasteiger partial charge in [-0.3, -0.25) is 14.8 Å². The summed E-state index contributed by atoms with van der Waals surface area (Å²) in [5.41, 5.74) is 1.28. The van der Waals surface area contributed by atoms with Crippen LogP contribution in [0.15, 0.2) is 18.3 Å². The average Bonchev–Trinajstić information content (AvgIpc) is 3.43. The van der Waals surface area contributed by atoms with Gasteiger partial charge < -0.3 is 10.0 Å². The highest BCUT2D eigenvalue weighted by molar-refractivity contribution is 6.31. The molecule has 2 aromatic rings. The lowest BCUT2D eigenvalue weighted by atomic mass is 9.68. The van der Waals surface area contributed by atoms with Crippen LogP contribution < -0.4 is 0 Å². The lowest BCUT2D eigenvalue weighted by Gasteiger charge is -2.44. The van der Waals surface area contributed by atoms with E-state index in [1.54, 1.807) is 6.20 Å². The zero-order chi connectivity index (χ0) is 21.5. The molecule has 0 bridgehead atoms. The van der Waals surface area contributed by atoms with Crippen molar-refractivity contribution >= 4 is 28.4 Å². The minimum Gasteiger partial charge on any atom is -0.388 e. The molecule has 2 aliphatic heterocycles. The molecule has 0 unspecified atom stereocenters. The minimum absolute atomic E-state index is 0.0252. The molecular weight excluding hydrogens is 400 g/mol. The number of nitrogens with zero attached hydrogens (tertiary/aromatic N) is 3. The molecule has 6 nitrogen and oxygen atoms in total. The zero-order valence-corrected chi connectivity index (χ0v) is 19.0. The van der Waals surface area contributed by atoms with Crippen LogP contribution >= 0.6 is 11.6 Å². The maximum Gasteiger partial charge on any atom is 0.239 e. The van der Waals surface area contributed by atoms with E-state index >= 15 is 0 Å². The van der Waals surface area contributed by atoms with E-state index in [4.69, 9.17) is 11.6 Å². The van der Waals surface area contributed by atoms with Crippen molar-refractivity contribution in [3.8, 4) is 0 Å². The Kier molecular flexibility index (Phi) is 6.11. The summed E-state index contributed by atoms with van der Waals surface area (Å²) in [6, 6.07) is 3.67. The molecule has 2 fully saturated rings. The molecule has 1 aromatic heterocycles. The second-order valence-electron chi connectivity index (χ2n) is 9.57. The summed E-state index contributed by atoms with van der Waals surface area (Å²) in [6.07, 6.45) is 5.24. The van der Waals surface area contributed by atoms with Crippen molar-refractivity contribution < 1.29 is 9.90 Å². The number of aliphatic hydroxyl groups is 1. The summed E-state index contributed by atoms with van der Waals surface area (Å²) >= 11 is 6.30. The van der Waals surface area contributed by atoms with Gasteiger partial charge in [-0.1, -0.05) is 25.4 Å². The number of halogens is 1. The van der Waals surface area contributed by atoms with E-state index in [1.165, 1.54) is 12.8 Å². The highest BCUT2D eigenvalue weighted by atomic mass is 35.5. The molecule has 2 atom stereocenters. The molecule has 30 heavy (non-hydrogen) atoms. The van der Waals surface area contributed by atoms with E-state index in [9.17, 15) is 9.90 Å². The van der Waals surface area contributed by atoms with Crippen molar-refractivity contribution in [2.45, 2.75) is 58.6 Å². The molecule has 0 saturated carbocycles. The van der Waals surface area contributed by atoms with Crippen molar-refractivity contribution in [1.29, 1.82) is 0 Å². The fraction of sp³-hybridized carbons (Fsp3) is 0.652. The normalized spacial score (nSPS) is 21.3. The third kappa shape index (κ3) is 3.97. The highest BCUT2D eigenvalue weighted by Crippen LogP contribution is 2.46. The molecule has 4 rings (SSSR count). The number of likely N-dealkylation sites (tertiary alicyclic amines) is 2. The second kappa shape index (κ2) is 8.48. The summed E-state index contributed by atoms with van der Waals surface area (Å²) in [6.45, 7) is 9.86. The number of piperidine rings is 1. The van der Waals surface area contributed by atoms with Gasteiger partial charge in [0.2, 0.25) is 5.91 Å². The Morgan fingerprint density at radius 2 is 1.90 bits per heavy atom. The molecule has 0 aliphatic carbocycles. The van der Waals surface area contributed by atoms with Gasteiger partial charge in [-0.25, -0.2) is 0 Å². The summed E-state index contributed by atoms with van der Waals surface area (Å²) in [7, 11) is 0. The van der Waals surface area contributed by atoms with Gasteiger partial charge in [0, 0.05) is 29.1 Å². The van der Waals surface area contributed by atoms with E-state index in [0.717, 1.165) is 55.5 Å². The molecule has 0 radical (unpaired) electrons. The van der Waals surface area contributed by atoms with Crippen molar-refractivity contribution in [2.75, 3.05) is 26.2 Å². The number of rotatable bonds is 5. The molecule has 3 heterocycles. The fourth-order valence-electron chi connectivity index (χ4n) is 5.28. The number of hydrogen-bond acceptors (Lipinski definition) is 4. The van der Waals surface area contributed by atoms with Crippen LogP contribution in [-0.2, 0) is 4.79 Å². The van der Waals surface area contributed by atoms with E-state index in [1.807, 2.05) is 24.0 Å². The van der Waals surface area contributed by atoms with Crippen LogP contribution in [0.25, 0.3) is 10.9 Å². The maximum absolute atomic E-state index is 13.0. The van der Waals surface area contributed by atoms with Gasteiger partial charge in [0.25, 0.3) is 0 Å². The lowest BCUT2D eigenvalue weighted by Crippen LogP contribution is -2.50. The smallest absolute Gasteiger partial charge is 0.239 e. The van der Waals surface area contributed by atoms with Crippen molar-refractivity contribution in [1.82, 2.24) is 20.0 Å². The predicted octanol–water partition coefficient (Wildman–Crippen LogP) is 4.00. The largest absolute Gasteiger partial charge is 0.388 e. The van der Waals surface area contributed by atoms with Gasteiger partial charge in [0.1, 0.15) is 0 Å². The Morgan fingerprint density at radius 1 is 1.23 bits per heavy atom. The van der Waals surface area contributed by atoms with E-state index < -0.39 is 6.10 Å². The first-order valence-electron chi connectivity index (χ1n) is 11.1. The highest BCUT2D eigenvalue weighted by Gasteiger charge is 2.41. The first kappa shape index (κ1) is 21.6. The van der Waals surface area contributed by atoms with Gasteiger partial charge in [-0.2, -0.15) is 5.10 Å². The van der Waals surface area contributed by atoms with Crippen LogP contribution in [-0.4, -0.2) is 63.2 Å². The first-order chi connectivity index (χ1) is 14.3. The van der Waals surface area contributed by atoms with Gasteiger partial charge in [0.05, 0.1) is 23.9 Å². The van der Waals surface area contributed by atoms with E-state index in [2.05, 4.69) is 28.9 Å². The number of aromatic nitrogens is 2. The van der Waals surface area contributed by atoms with E-state index in [0.29, 0.717) is 10.9 Å². The van der Waals surface area contributed by atoms with E-state index in [-0.39, 0.29) is 17.4 Å². The Morgan fingerprint density at radius 3 is 2.57 bits per heavy atom. The number of aliphatic hydroxyl groups excluding tert-OH is 1. The number of aromatic amines is 1. The first-order valence-corrected chi connectivity index (χ1v) is 11.5. The SMILES string of the molecule is C[C@@H](C(=O)N1CCC(C(C)(C)[C@H](O)c2cc(Cl)cc3cn[nH]c23)CC1)N1CCCC1. The van der Waals surface area contributed by atoms with Gasteiger partial charge >= 0.3 is 0 Å². The monoisotopic (exact) mass is 432 g/mol. The maximum atomic E-state index is 13.0. The Balaban J connectivity index is 1.44. The molecule has 2 N–H and O–H groups in total. The lowest BCUT2D eigenvalue weighted by molar-refractivity contribution is -0.138. The molecule has 0 spiro atoms. The molecule has 7 heteroatoms. The topological polar surface area (TPSA) is 72.5 Å². The van der Waals surface area contributed by atoms with Gasteiger partial charge in [-0.05, 0) is 69.2 Å². The number of nitrogens with one attached hydrogen (secondary N) is 1. The van der Waals surface area contributed by atoms with Crippen molar-refractivity contribution in [2.24, 2.45) is 11.3 Å². The molecule has 1 aromatic carbocycles. The Bertz CT molecular complexity index is 898. The number of benzene rings is 1. The van der Waals surface area contributed by atoms with Crippen LogP contribution in [0, 0.1) is 11.3 Å². The van der Waals surface area contributed by atoms with Crippen LogP contribution in [0.1, 0.15) is 58.1 Å². The third-order valence-corrected chi connectivity index (χ3v) is 7.67. The predicted molar refractivity (Wildman–Crippen MR) is 119 cm³/mol. The molecule has 2 saturated heterocycles.